The Balaban J connectivity index is 1.81. The Morgan fingerprint density at radius 1 is 1.15 bits per heavy atom. The quantitative estimate of drug-likeness (QED) is 0.786. The summed E-state index contributed by atoms with van der Waals surface area (Å²) in [6.07, 6.45) is 5.03. The molecule has 20 heavy (non-hydrogen) atoms. The van der Waals surface area contributed by atoms with Crippen LogP contribution in [0, 0.1) is 22.7 Å². The Labute approximate surface area is 120 Å². The summed E-state index contributed by atoms with van der Waals surface area (Å²) in [5, 5.41) is 17.1. The van der Waals surface area contributed by atoms with Crippen molar-refractivity contribution in [2.75, 3.05) is 4.90 Å². The standard InChI is InChI=1S/C16H22N4/c1-16(2,3)11-8-13-5-6-14(9-11)20(13)15-7-4-12(10-17)18-19-15/h4,7,11,13-14H,5-6,8-9H2,1-3H3. The molecule has 2 aliphatic heterocycles. The van der Waals surface area contributed by atoms with Gasteiger partial charge in [-0.25, -0.2) is 0 Å². The van der Waals surface area contributed by atoms with E-state index in [4.69, 9.17) is 5.26 Å². The molecule has 2 unspecified atom stereocenters. The van der Waals surface area contributed by atoms with Crippen LogP contribution in [0.15, 0.2) is 12.1 Å². The monoisotopic (exact) mass is 270 g/mol. The maximum Gasteiger partial charge on any atom is 0.163 e. The molecule has 3 rings (SSSR count). The summed E-state index contributed by atoms with van der Waals surface area (Å²) < 4.78 is 0. The third-order valence-corrected chi connectivity index (χ3v) is 4.99. The number of hydrogen-bond acceptors (Lipinski definition) is 4. The van der Waals surface area contributed by atoms with E-state index < -0.39 is 0 Å². The first-order chi connectivity index (χ1) is 9.49. The Morgan fingerprint density at radius 3 is 2.25 bits per heavy atom. The van der Waals surface area contributed by atoms with Crippen molar-refractivity contribution in [1.29, 1.82) is 5.26 Å². The van der Waals surface area contributed by atoms with Crippen LogP contribution in [0.25, 0.3) is 0 Å². The van der Waals surface area contributed by atoms with Crippen LogP contribution in [0.2, 0.25) is 0 Å². The van der Waals surface area contributed by atoms with E-state index in [9.17, 15) is 0 Å². The summed E-state index contributed by atoms with van der Waals surface area (Å²) in [5.74, 6) is 1.74. The molecule has 0 saturated carbocycles. The average molecular weight is 270 g/mol. The number of anilines is 1. The highest BCUT2D eigenvalue weighted by Gasteiger charge is 2.44. The summed E-state index contributed by atoms with van der Waals surface area (Å²) >= 11 is 0. The topological polar surface area (TPSA) is 52.8 Å². The normalized spacial score (nSPS) is 29.3. The minimum Gasteiger partial charge on any atom is -0.349 e. The second-order valence-electron chi connectivity index (χ2n) is 7.22. The highest BCUT2D eigenvalue weighted by atomic mass is 15.3. The van der Waals surface area contributed by atoms with Crippen molar-refractivity contribution in [1.82, 2.24) is 10.2 Å². The largest absolute Gasteiger partial charge is 0.349 e. The van der Waals surface area contributed by atoms with Crippen molar-refractivity contribution in [3.63, 3.8) is 0 Å². The van der Waals surface area contributed by atoms with E-state index in [0.717, 1.165) is 11.7 Å². The number of rotatable bonds is 1. The first-order valence-electron chi connectivity index (χ1n) is 7.51. The van der Waals surface area contributed by atoms with Crippen LogP contribution in [0.3, 0.4) is 0 Å². The van der Waals surface area contributed by atoms with Crippen LogP contribution in [-0.4, -0.2) is 22.3 Å². The molecule has 1 aromatic rings. The van der Waals surface area contributed by atoms with Gasteiger partial charge < -0.3 is 4.90 Å². The Morgan fingerprint density at radius 2 is 1.80 bits per heavy atom. The third kappa shape index (κ3) is 2.26. The fourth-order valence-corrected chi connectivity index (χ4v) is 3.78. The third-order valence-electron chi connectivity index (χ3n) is 4.99. The number of nitriles is 1. The molecule has 0 spiro atoms. The predicted molar refractivity (Wildman–Crippen MR) is 78.2 cm³/mol. The van der Waals surface area contributed by atoms with Gasteiger partial charge in [-0.1, -0.05) is 20.8 Å². The molecule has 3 heterocycles. The van der Waals surface area contributed by atoms with Crippen molar-refractivity contribution >= 4 is 5.82 Å². The number of piperidine rings is 1. The summed E-state index contributed by atoms with van der Waals surface area (Å²) in [5.41, 5.74) is 0.786. The van der Waals surface area contributed by atoms with Crippen molar-refractivity contribution in [3.05, 3.63) is 17.8 Å². The van der Waals surface area contributed by atoms with Crippen molar-refractivity contribution in [2.45, 2.75) is 58.5 Å². The first kappa shape index (κ1) is 13.4. The van der Waals surface area contributed by atoms with Gasteiger partial charge in [0.25, 0.3) is 0 Å². The lowest BCUT2D eigenvalue weighted by molar-refractivity contribution is 0.173. The van der Waals surface area contributed by atoms with E-state index in [1.54, 1.807) is 6.07 Å². The molecule has 2 saturated heterocycles. The van der Waals surface area contributed by atoms with Crippen LogP contribution in [0.4, 0.5) is 5.82 Å². The van der Waals surface area contributed by atoms with E-state index >= 15 is 0 Å². The van der Waals surface area contributed by atoms with E-state index in [2.05, 4.69) is 35.9 Å². The second kappa shape index (κ2) is 4.73. The van der Waals surface area contributed by atoms with Gasteiger partial charge in [0.15, 0.2) is 11.5 Å². The maximum atomic E-state index is 8.81. The van der Waals surface area contributed by atoms with Gasteiger partial charge in [-0.2, -0.15) is 5.26 Å². The van der Waals surface area contributed by atoms with E-state index in [1.807, 2.05) is 12.1 Å². The van der Waals surface area contributed by atoms with Crippen molar-refractivity contribution in [3.8, 4) is 6.07 Å². The molecule has 0 aliphatic carbocycles. The minimum atomic E-state index is 0.392. The smallest absolute Gasteiger partial charge is 0.163 e. The van der Waals surface area contributed by atoms with Crippen LogP contribution < -0.4 is 4.90 Å². The second-order valence-corrected chi connectivity index (χ2v) is 7.22. The van der Waals surface area contributed by atoms with Crippen molar-refractivity contribution in [2.24, 2.45) is 11.3 Å². The molecule has 106 valence electrons. The molecule has 2 fully saturated rings. The van der Waals surface area contributed by atoms with Crippen LogP contribution in [-0.2, 0) is 0 Å². The van der Waals surface area contributed by atoms with Crippen LogP contribution in [0.1, 0.15) is 52.1 Å². The van der Waals surface area contributed by atoms with Crippen LogP contribution >= 0.6 is 0 Å². The lowest BCUT2D eigenvalue weighted by Gasteiger charge is -2.44. The van der Waals surface area contributed by atoms with E-state index in [1.165, 1.54) is 25.7 Å². The highest BCUT2D eigenvalue weighted by molar-refractivity contribution is 5.44. The molecule has 4 nitrogen and oxygen atoms in total. The molecule has 2 bridgehead atoms. The molecular formula is C16H22N4. The fourth-order valence-electron chi connectivity index (χ4n) is 3.78. The van der Waals surface area contributed by atoms with Gasteiger partial charge in [0.2, 0.25) is 0 Å². The molecular weight excluding hydrogens is 248 g/mol. The predicted octanol–water partition coefficient (Wildman–Crippen LogP) is 3.14. The molecule has 0 N–H and O–H groups in total. The summed E-state index contributed by atoms with van der Waals surface area (Å²) in [7, 11) is 0. The van der Waals surface area contributed by atoms with Gasteiger partial charge in [-0.05, 0) is 49.1 Å². The minimum absolute atomic E-state index is 0.392. The average Bonchev–Trinajstić information content (AvgIpc) is 2.67. The number of nitrogens with zero attached hydrogens (tertiary/aromatic N) is 4. The Hall–Kier alpha value is -1.63. The summed E-state index contributed by atoms with van der Waals surface area (Å²) in [6.45, 7) is 7.07. The van der Waals surface area contributed by atoms with Gasteiger partial charge >= 0.3 is 0 Å². The van der Waals surface area contributed by atoms with E-state index in [0.29, 0.717) is 23.2 Å². The maximum absolute atomic E-state index is 8.81. The van der Waals surface area contributed by atoms with Gasteiger partial charge in [0, 0.05) is 12.1 Å². The summed E-state index contributed by atoms with van der Waals surface area (Å²) in [6, 6.07) is 6.95. The lowest BCUT2D eigenvalue weighted by atomic mass is 9.73. The zero-order valence-electron chi connectivity index (χ0n) is 12.5. The number of hydrogen-bond donors (Lipinski definition) is 0. The lowest BCUT2D eigenvalue weighted by Crippen LogP contribution is -2.46. The SMILES string of the molecule is CC(C)(C)C1CC2CCC(C1)N2c1ccc(C#N)nn1. The Bertz CT molecular complexity index is 509. The molecule has 4 heteroatoms. The fraction of sp³-hybridized carbons (Fsp3) is 0.688. The van der Waals surface area contributed by atoms with Gasteiger partial charge in [-0.15, -0.1) is 10.2 Å². The van der Waals surface area contributed by atoms with Gasteiger partial charge in [-0.3, -0.25) is 0 Å². The number of fused-ring (bicyclic) bond motifs is 2. The highest BCUT2D eigenvalue weighted by Crippen LogP contribution is 2.46. The van der Waals surface area contributed by atoms with Gasteiger partial charge in [0.1, 0.15) is 6.07 Å². The first-order valence-corrected chi connectivity index (χ1v) is 7.51. The summed E-state index contributed by atoms with van der Waals surface area (Å²) in [4.78, 5) is 2.45. The van der Waals surface area contributed by atoms with Gasteiger partial charge in [0.05, 0.1) is 0 Å². The molecule has 0 amide bonds. The Kier molecular flexibility index (Phi) is 3.16. The molecule has 0 aromatic carbocycles. The zero-order chi connectivity index (χ0) is 14.3. The van der Waals surface area contributed by atoms with Crippen molar-refractivity contribution < 1.29 is 0 Å². The molecule has 2 aliphatic rings. The van der Waals surface area contributed by atoms with E-state index in [-0.39, 0.29) is 0 Å². The number of aromatic nitrogens is 2. The molecule has 0 radical (unpaired) electrons. The molecule has 2 atom stereocenters. The molecule has 1 aromatic heterocycles. The van der Waals surface area contributed by atoms with Crippen LogP contribution in [0.5, 0.6) is 0 Å². The zero-order valence-corrected chi connectivity index (χ0v) is 12.5.